The van der Waals surface area contributed by atoms with E-state index in [1.54, 1.807) is 12.1 Å². The third kappa shape index (κ3) is 4.98. The smallest absolute Gasteiger partial charge is 0.388 e. The summed E-state index contributed by atoms with van der Waals surface area (Å²) in [6.07, 6.45) is -3.62. The van der Waals surface area contributed by atoms with Crippen LogP contribution in [-0.2, 0) is 6.18 Å². The number of benzene rings is 1. The van der Waals surface area contributed by atoms with Crippen molar-refractivity contribution in [2.45, 2.75) is 13.1 Å². The number of halogens is 3. The number of nitrogens with one attached hydrogen (secondary N) is 1. The number of aryl methyl sites for hydroxylation is 1. The molecule has 1 aromatic carbocycles. The van der Waals surface area contributed by atoms with Gasteiger partial charge in [0.25, 0.3) is 0 Å². The first-order valence-electron chi connectivity index (χ1n) is 6.25. The second-order valence-electron chi connectivity index (χ2n) is 4.36. The SMILES string of the molecule is CNc1ccc(C#N)cc1.Cc1cc(C(F)(F)F)cnc1N. The fraction of sp³-hybridized carbons (Fsp3) is 0.200. The van der Waals surface area contributed by atoms with Crippen molar-refractivity contribution in [3.05, 3.63) is 53.2 Å². The van der Waals surface area contributed by atoms with E-state index in [-0.39, 0.29) is 5.82 Å². The Morgan fingerprint density at radius 1 is 1.23 bits per heavy atom. The van der Waals surface area contributed by atoms with Crippen molar-refractivity contribution in [1.82, 2.24) is 4.98 Å². The van der Waals surface area contributed by atoms with E-state index < -0.39 is 11.7 Å². The molecule has 0 aliphatic carbocycles. The summed E-state index contributed by atoms with van der Waals surface area (Å²) in [5.74, 6) is 0.128. The molecule has 0 amide bonds. The molecule has 0 saturated heterocycles. The van der Waals surface area contributed by atoms with Gasteiger partial charge >= 0.3 is 6.18 Å². The Labute approximate surface area is 126 Å². The first-order chi connectivity index (χ1) is 10.3. The number of nitrogens with two attached hydrogens (primary N) is 1. The second kappa shape index (κ2) is 7.31. The molecule has 0 bridgehead atoms. The number of anilines is 2. The number of nitriles is 1. The average molecular weight is 308 g/mol. The largest absolute Gasteiger partial charge is 0.417 e. The van der Waals surface area contributed by atoms with Crippen molar-refractivity contribution in [3.8, 4) is 6.07 Å². The van der Waals surface area contributed by atoms with Crippen molar-refractivity contribution in [3.63, 3.8) is 0 Å². The maximum absolute atomic E-state index is 12.0. The zero-order valence-corrected chi connectivity index (χ0v) is 12.1. The maximum Gasteiger partial charge on any atom is 0.417 e. The Kier molecular flexibility index (Phi) is 5.75. The van der Waals surface area contributed by atoms with Gasteiger partial charge < -0.3 is 11.1 Å². The van der Waals surface area contributed by atoms with Crippen LogP contribution < -0.4 is 11.1 Å². The van der Waals surface area contributed by atoms with E-state index in [0.717, 1.165) is 18.0 Å². The van der Waals surface area contributed by atoms with E-state index in [4.69, 9.17) is 11.0 Å². The van der Waals surface area contributed by atoms with Crippen LogP contribution in [0.25, 0.3) is 0 Å². The predicted molar refractivity (Wildman–Crippen MR) is 79.1 cm³/mol. The van der Waals surface area contributed by atoms with Gasteiger partial charge in [-0.1, -0.05) is 0 Å². The topological polar surface area (TPSA) is 74.7 Å². The Balaban J connectivity index is 0.000000224. The highest BCUT2D eigenvalue weighted by molar-refractivity contribution is 5.46. The third-order valence-corrected chi connectivity index (χ3v) is 2.75. The highest BCUT2D eigenvalue weighted by Gasteiger charge is 2.31. The molecule has 22 heavy (non-hydrogen) atoms. The van der Waals surface area contributed by atoms with Gasteiger partial charge in [0.1, 0.15) is 5.82 Å². The number of alkyl halides is 3. The Morgan fingerprint density at radius 2 is 1.82 bits per heavy atom. The zero-order chi connectivity index (χ0) is 16.8. The number of nitrogens with zero attached hydrogens (tertiary/aromatic N) is 2. The van der Waals surface area contributed by atoms with Crippen LogP contribution in [0.2, 0.25) is 0 Å². The molecular weight excluding hydrogens is 293 g/mol. The van der Waals surface area contributed by atoms with Gasteiger partial charge in [0.05, 0.1) is 17.2 Å². The van der Waals surface area contributed by atoms with Crippen molar-refractivity contribution in [2.75, 3.05) is 18.1 Å². The number of pyridine rings is 1. The zero-order valence-electron chi connectivity index (χ0n) is 12.1. The number of nitrogen functional groups attached to an aromatic ring is 1. The van der Waals surface area contributed by atoms with E-state index in [0.29, 0.717) is 11.1 Å². The van der Waals surface area contributed by atoms with Crippen LogP contribution in [0.4, 0.5) is 24.7 Å². The molecule has 7 heteroatoms. The molecule has 2 aromatic rings. The molecule has 0 radical (unpaired) electrons. The van der Waals surface area contributed by atoms with Gasteiger partial charge in [-0.15, -0.1) is 0 Å². The third-order valence-electron chi connectivity index (χ3n) is 2.75. The van der Waals surface area contributed by atoms with Gasteiger partial charge in [0.2, 0.25) is 0 Å². The lowest BCUT2D eigenvalue weighted by atomic mass is 10.2. The number of hydrogen-bond donors (Lipinski definition) is 2. The van der Waals surface area contributed by atoms with E-state index in [1.807, 2.05) is 19.2 Å². The fourth-order valence-electron chi connectivity index (χ4n) is 1.45. The summed E-state index contributed by atoms with van der Waals surface area (Å²) < 4.78 is 36.1. The molecule has 116 valence electrons. The number of aromatic nitrogens is 1. The molecule has 0 spiro atoms. The highest BCUT2D eigenvalue weighted by atomic mass is 19.4. The summed E-state index contributed by atoms with van der Waals surface area (Å²) in [6, 6.07) is 10.3. The summed E-state index contributed by atoms with van der Waals surface area (Å²) in [5.41, 5.74) is 6.54. The molecule has 0 fully saturated rings. The molecular formula is C15H15F3N4. The lowest BCUT2D eigenvalue weighted by Crippen LogP contribution is -2.07. The fourth-order valence-corrected chi connectivity index (χ4v) is 1.45. The van der Waals surface area contributed by atoms with E-state index >= 15 is 0 Å². The number of hydrogen-bond acceptors (Lipinski definition) is 4. The quantitative estimate of drug-likeness (QED) is 0.844. The maximum atomic E-state index is 12.0. The molecule has 2 rings (SSSR count). The Morgan fingerprint density at radius 3 is 2.23 bits per heavy atom. The van der Waals surface area contributed by atoms with Crippen LogP contribution in [0.15, 0.2) is 36.5 Å². The predicted octanol–water partition coefficient (Wildman–Crippen LogP) is 3.59. The van der Waals surface area contributed by atoms with Gasteiger partial charge in [-0.25, -0.2) is 4.98 Å². The van der Waals surface area contributed by atoms with Crippen LogP contribution in [-0.4, -0.2) is 12.0 Å². The summed E-state index contributed by atoms with van der Waals surface area (Å²) >= 11 is 0. The molecule has 4 nitrogen and oxygen atoms in total. The minimum Gasteiger partial charge on any atom is -0.388 e. The second-order valence-corrected chi connectivity index (χ2v) is 4.36. The molecule has 0 saturated carbocycles. The lowest BCUT2D eigenvalue weighted by molar-refractivity contribution is -0.137. The molecule has 0 unspecified atom stereocenters. The first kappa shape index (κ1) is 17.3. The van der Waals surface area contributed by atoms with Gasteiger partial charge in [0.15, 0.2) is 0 Å². The standard InChI is InChI=1S/C8H8N2.C7H7F3N2/c1-10-8-4-2-7(6-9)3-5-8;1-4-2-5(7(8,9)10)3-12-6(4)11/h2-5,10H,1H3;2-3H,1H3,(H2,11,12). The van der Waals surface area contributed by atoms with E-state index in [9.17, 15) is 13.2 Å². The summed E-state index contributed by atoms with van der Waals surface area (Å²) in [4.78, 5) is 3.40. The normalized spacial score (nSPS) is 10.2. The van der Waals surface area contributed by atoms with Crippen molar-refractivity contribution in [2.24, 2.45) is 0 Å². The summed E-state index contributed by atoms with van der Waals surface area (Å²) in [5, 5.41) is 11.4. The minimum atomic E-state index is -4.34. The van der Waals surface area contributed by atoms with Gasteiger partial charge in [-0.05, 0) is 42.8 Å². The van der Waals surface area contributed by atoms with Crippen molar-refractivity contribution < 1.29 is 13.2 Å². The Hall–Kier alpha value is -2.75. The van der Waals surface area contributed by atoms with Gasteiger partial charge in [-0.3, -0.25) is 0 Å². The molecule has 0 aliphatic heterocycles. The van der Waals surface area contributed by atoms with Crippen molar-refractivity contribution in [1.29, 1.82) is 5.26 Å². The molecule has 1 aromatic heterocycles. The monoisotopic (exact) mass is 308 g/mol. The summed E-state index contributed by atoms with van der Waals surface area (Å²) in [7, 11) is 1.85. The molecule has 0 aliphatic rings. The summed E-state index contributed by atoms with van der Waals surface area (Å²) in [6.45, 7) is 1.48. The van der Waals surface area contributed by atoms with E-state index in [2.05, 4.69) is 16.4 Å². The first-order valence-corrected chi connectivity index (χ1v) is 6.25. The van der Waals surface area contributed by atoms with Crippen LogP contribution >= 0.6 is 0 Å². The van der Waals surface area contributed by atoms with Crippen LogP contribution in [0.3, 0.4) is 0 Å². The van der Waals surface area contributed by atoms with Crippen molar-refractivity contribution >= 4 is 11.5 Å². The highest BCUT2D eigenvalue weighted by Crippen LogP contribution is 2.29. The molecule has 1 heterocycles. The van der Waals surface area contributed by atoms with Crippen LogP contribution in [0.1, 0.15) is 16.7 Å². The lowest BCUT2D eigenvalue weighted by Gasteiger charge is -2.07. The van der Waals surface area contributed by atoms with Crippen LogP contribution in [0.5, 0.6) is 0 Å². The van der Waals surface area contributed by atoms with Gasteiger partial charge in [0, 0.05) is 18.9 Å². The number of rotatable bonds is 1. The Bertz CT molecular complexity index is 658. The van der Waals surface area contributed by atoms with Crippen LogP contribution in [0, 0.1) is 18.3 Å². The molecule has 0 atom stereocenters. The van der Waals surface area contributed by atoms with Gasteiger partial charge in [-0.2, -0.15) is 18.4 Å². The molecule has 3 N–H and O–H groups in total. The average Bonchev–Trinajstić information content (AvgIpc) is 2.49. The van der Waals surface area contributed by atoms with E-state index in [1.165, 1.54) is 6.92 Å². The minimum absolute atomic E-state index is 0.128.